The number of imidazole rings is 1. The van der Waals surface area contributed by atoms with Crippen LogP contribution in [0.25, 0.3) is 5.95 Å². The number of hydrogen-bond acceptors (Lipinski definition) is 8. The lowest BCUT2D eigenvalue weighted by molar-refractivity contribution is -0.137. The van der Waals surface area contributed by atoms with Crippen LogP contribution in [-0.4, -0.2) is 82.2 Å². The van der Waals surface area contributed by atoms with Gasteiger partial charge >= 0.3 is 0 Å². The molecule has 11 nitrogen and oxygen atoms in total. The number of nitrogens with zero attached hydrogens (tertiary/aromatic N) is 6. The maximum Gasteiger partial charge on any atom is 0.236 e. The molecule has 0 aliphatic carbocycles. The number of methoxy groups -OCH3 is 1. The van der Waals surface area contributed by atoms with Gasteiger partial charge in [-0.2, -0.15) is 4.98 Å². The van der Waals surface area contributed by atoms with Gasteiger partial charge < -0.3 is 24.6 Å². The molecule has 0 bridgehead atoms. The first-order valence-electron chi connectivity index (χ1n) is 12.4. The van der Waals surface area contributed by atoms with Gasteiger partial charge in [-0.3, -0.25) is 14.2 Å². The number of rotatable bonds is 8. The molecule has 0 radical (unpaired) electrons. The van der Waals surface area contributed by atoms with E-state index in [2.05, 4.69) is 20.2 Å². The van der Waals surface area contributed by atoms with Crippen LogP contribution >= 0.6 is 0 Å². The van der Waals surface area contributed by atoms with Gasteiger partial charge in [0.2, 0.25) is 17.8 Å². The molecule has 0 saturated carbocycles. The summed E-state index contributed by atoms with van der Waals surface area (Å²) in [6, 6.07) is 9.20. The Morgan fingerprint density at radius 3 is 2.92 bits per heavy atom. The van der Waals surface area contributed by atoms with E-state index >= 15 is 0 Å². The van der Waals surface area contributed by atoms with Gasteiger partial charge in [-0.15, -0.1) is 0 Å². The van der Waals surface area contributed by atoms with E-state index in [0.29, 0.717) is 51.2 Å². The first kappa shape index (κ1) is 24.7. The zero-order valence-electron chi connectivity index (χ0n) is 20.8. The van der Waals surface area contributed by atoms with E-state index in [1.165, 1.54) is 0 Å². The molecule has 2 fully saturated rings. The van der Waals surface area contributed by atoms with E-state index in [1.54, 1.807) is 36.6 Å². The fraction of sp³-hybridized carbons (Fsp3) is 0.423. The number of aromatic nitrogens is 4. The summed E-state index contributed by atoms with van der Waals surface area (Å²) >= 11 is 0. The second-order valence-electron chi connectivity index (χ2n) is 9.21. The zero-order valence-corrected chi connectivity index (χ0v) is 20.8. The van der Waals surface area contributed by atoms with Crippen LogP contribution in [0.15, 0.2) is 55.2 Å². The molecule has 4 heterocycles. The van der Waals surface area contributed by atoms with Gasteiger partial charge in [-0.05, 0) is 30.2 Å². The summed E-state index contributed by atoms with van der Waals surface area (Å²) in [7, 11) is 1.62. The van der Waals surface area contributed by atoms with Crippen molar-refractivity contribution in [1.82, 2.24) is 29.7 Å². The van der Waals surface area contributed by atoms with E-state index in [0.717, 1.165) is 17.7 Å². The van der Waals surface area contributed by atoms with E-state index in [9.17, 15) is 9.59 Å². The second-order valence-corrected chi connectivity index (χ2v) is 9.21. The van der Waals surface area contributed by atoms with Crippen LogP contribution < -0.4 is 15.0 Å². The molecule has 5 rings (SSSR count). The third kappa shape index (κ3) is 5.88. The Morgan fingerprint density at radius 2 is 2.14 bits per heavy atom. The standard InChI is InChI=1S/C26H31N7O4/c1-36-22-4-2-3-19(13-22)15-29-24(34)14-21-16-31(25(35)20-6-12-37-17-20)10-11-33(21)23-5-7-28-26(30-23)32-9-8-27-18-32/h2-5,7-9,13,18,20-21H,6,10-12,14-17H2,1H3,(H,29,34). The molecule has 2 aromatic heterocycles. The number of nitrogens with one attached hydrogen (secondary N) is 1. The molecule has 37 heavy (non-hydrogen) atoms. The number of amides is 2. The Morgan fingerprint density at radius 1 is 1.22 bits per heavy atom. The summed E-state index contributed by atoms with van der Waals surface area (Å²) < 4.78 is 12.4. The van der Waals surface area contributed by atoms with Crippen LogP contribution in [0.5, 0.6) is 5.75 Å². The topological polar surface area (TPSA) is 115 Å². The first-order valence-corrected chi connectivity index (χ1v) is 12.4. The molecule has 1 aromatic carbocycles. The van der Waals surface area contributed by atoms with Crippen molar-refractivity contribution in [2.75, 3.05) is 44.9 Å². The predicted octanol–water partition coefficient (Wildman–Crippen LogP) is 1.43. The number of carbonyl (C=O) groups is 2. The first-order chi connectivity index (χ1) is 18.1. The lowest BCUT2D eigenvalue weighted by Gasteiger charge is -2.42. The van der Waals surface area contributed by atoms with Gasteiger partial charge in [-0.1, -0.05) is 12.1 Å². The number of hydrogen-bond donors (Lipinski definition) is 1. The number of ether oxygens (including phenoxy) is 2. The number of anilines is 1. The Hall–Kier alpha value is -3.99. The SMILES string of the molecule is COc1cccc(CNC(=O)CC2CN(C(=O)C3CCOC3)CCN2c2ccnc(-n3ccnc3)n2)c1. The van der Waals surface area contributed by atoms with Crippen molar-refractivity contribution >= 4 is 17.6 Å². The predicted molar refractivity (Wildman–Crippen MR) is 135 cm³/mol. The van der Waals surface area contributed by atoms with Crippen LogP contribution in [0.2, 0.25) is 0 Å². The van der Waals surface area contributed by atoms with Gasteiger partial charge in [0.15, 0.2) is 0 Å². The van der Waals surface area contributed by atoms with Gasteiger partial charge in [-0.25, -0.2) is 9.97 Å². The molecule has 2 atom stereocenters. The van der Waals surface area contributed by atoms with Crippen molar-refractivity contribution in [2.45, 2.75) is 25.4 Å². The Labute approximate surface area is 215 Å². The summed E-state index contributed by atoms with van der Waals surface area (Å²) in [5.41, 5.74) is 0.951. The van der Waals surface area contributed by atoms with Crippen molar-refractivity contribution in [3.05, 3.63) is 60.8 Å². The third-order valence-corrected chi connectivity index (χ3v) is 6.78. The summed E-state index contributed by atoms with van der Waals surface area (Å²) in [6.07, 6.45) is 7.75. The Bertz CT molecular complexity index is 1210. The van der Waals surface area contributed by atoms with Crippen molar-refractivity contribution in [3.63, 3.8) is 0 Å². The maximum atomic E-state index is 13.1. The smallest absolute Gasteiger partial charge is 0.236 e. The molecule has 11 heteroatoms. The quantitative estimate of drug-likeness (QED) is 0.489. The molecule has 2 unspecified atom stereocenters. The minimum atomic E-state index is -0.240. The highest BCUT2D eigenvalue weighted by Crippen LogP contribution is 2.24. The van der Waals surface area contributed by atoms with Gasteiger partial charge in [0.25, 0.3) is 0 Å². The van der Waals surface area contributed by atoms with Crippen LogP contribution in [0.4, 0.5) is 5.82 Å². The molecule has 3 aromatic rings. The highest BCUT2D eigenvalue weighted by atomic mass is 16.5. The number of piperazine rings is 1. The molecule has 194 valence electrons. The molecular formula is C26H31N7O4. The van der Waals surface area contributed by atoms with Gasteiger partial charge in [0.05, 0.1) is 25.7 Å². The molecule has 2 saturated heterocycles. The molecule has 2 aliphatic heterocycles. The molecule has 1 N–H and O–H groups in total. The lowest BCUT2D eigenvalue weighted by Crippen LogP contribution is -2.57. The lowest BCUT2D eigenvalue weighted by atomic mass is 10.0. The minimum absolute atomic E-state index is 0.0970. The molecule has 2 amide bonds. The summed E-state index contributed by atoms with van der Waals surface area (Å²) in [5, 5.41) is 3.01. The van der Waals surface area contributed by atoms with Crippen molar-refractivity contribution < 1.29 is 19.1 Å². The maximum absolute atomic E-state index is 13.1. The van der Waals surface area contributed by atoms with Gasteiger partial charge in [0.1, 0.15) is 17.9 Å². The second kappa shape index (κ2) is 11.4. The summed E-state index contributed by atoms with van der Waals surface area (Å²) in [4.78, 5) is 43.3. The minimum Gasteiger partial charge on any atom is -0.497 e. The fourth-order valence-electron chi connectivity index (χ4n) is 4.79. The molecular weight excluding hydrogens is 474 g/mol. The van der Waals surface area contributed by atoms with E-state index in [1.807, 2.05) is 35.2 Å². The molecule has 0 spiro atoms. The Balaban J connectivity index is 1.31. The van der Waals surface area contributed by atoms with Crippen LogP contribution in [0, 0.1) is 5.92 Å². The third-order valence-electron chi connectivity index (χ3n) is 6.78. The Kier molecular flexibility index (Phi) is 7.59. The number of benzene rings is 1. The average Bonchev–Trinajstić information content (AvgIpc) is 3.67. The van der Waals surface area contributed by atoms with Crippen LogP contribution in [0.3, 0.4) is 0 Å². The largest absolute Gasteiger partial charge is 0.497 e. The highest BCUT2D eigenvalue weighted by molar-refractivity contribution is 5.80. The van der Waals surface area contributed by atoms with Crippen molar-refractivity contribution in [3.8, 4) is 11.7 Å². The van der Waals surface area contributed by atoms with E-state index in [-0.39, 0.29) is 30.2 Å². The summed E-state index contributed by atoms with van der Waals surface area (Å²) in [5.74, 6) is 1.84. The number of carbonyl (C=O) groups excluding carboxylic acids is 2. The van der Waals surface area contributed by atoms with E-state index < -0.39 is 0 Å². The fourth-order valence-corrected chi connectivity index (χ4v) is 4.79. The molecule has 2 aliphatic rings. The van der Waals surface area contributed by atoms with Crippen LogP contribution in [-0.2, 0) is 20.9 Å². The monoisotopic (exact) mass is 505 g/mol. The normalized spacial score (nSPS) is 19.6. The zero-order chi connectivity index (χ0) is 25.6. The average molecular weight is 506 g/mol. The summed E-state index contributed by atoms with van der Waals surface area (Å²) in [6.45, 7) is 3.03. The van der Waals surface area contributed by atoms with E-state index in [4.69, 9.17) is 14.5 Å². The van der Waals surface area contributed by atoms with Crippen molar-refractivity contribution in [2.24, 2.45) is 5.92 Å². The van der Waals surface area contributed by atoms with Crippen molar-refractivity contribution in [1.29, 1.82) is 0 Å². The highest BCUT2D eigenvalue weighted by Gasteiger charge is 2.35. The van der Waals surface area contributed by atoms with Gasteiger partial charge in [0, 0.05) is 57.8 Å². The van der Waals surface area contributed by atoms with Crippen LogP contribution in [0.1, 0.15) is 18.4 Å².